The van der Waals surface area contributed by atoms with Gasteiger partial charge in [-0.1, -0.05) is 26.2 Å². The largest absolute Gasteiger partial charge is 0.393 e. The van der Waals surface area contributed by atoms with Crippen molar-refractivity contribution in [1.82, 2.24) is 5.32 Å². The van der Waals surface area contributed by atoms with Crippen molar-refractivity contribution in [2.75, 3.05) is 6.54 Å². The highest BCUT2D eigenvalue weighted by molar-refractivity contribution is 4.79. The summed E-state index contributed by atoms with van der Waals surface area (Å²) < 4.78 is 0. The third-order valence-corrected chi connectivity index (χ3v) is 4.94. The second kappa shape index (κ2) is 6.75. The van der Waals surface area contributed by atoms with Crippen LogP contribution in [-0.2, 0) is 0 Å². The van der Waals surface area contributed by atoms with E-state index in [0.29, 0.717) is 6.04 Å². The van der Waals surface area contributed by atoms with Crippen LogP contribution < -0.4 is 5.32 Å². The molecule has 0 atom stereocenters. The van der Waals surface area contributed by atoms with Gasteiger partial charge in [-0.05, 0) is 56.9 Å². The van der Waals surface area contributed by atoms with Crippen molar-refractivity contribution in [3.8, 4) is 0 Å². The standard InChI is InChI=1S/C15H29NO/c1-2-12-3-5-13(6-4-12)11-16-14-7-9-15(17)10-8-14/h12-17H,2-11H2,1H3. The predicted octanol–water partition coefficient (Wildman–Crippen LogP) is 3.10. The van der Waals surface area contributed by atoms with Gasteiger partial charge in [-0.15, -0.1) is 0 Å². The molecule has 0 unspecified atom stereocenters. The third kappa shape index (κ3) is 4.26. The Hall–Kier alpha value is -0.0800. The van der Waals surface area contributed by atoms with Crippen molar-refractivity contribution in [2.45, 2.75) is 76.9 Å². The van der Waals surface area contributed by atoms with E-state index in [2.05, 4.69) is 12.2 Å². The molecule has 2 aliphatic rings. The van der Waals surface area contributed by atoms with Crippen molar-refractivity contribution in [1.29, 1.82) is 0 Å². The molecule has 100 valence electrons. The normalized spacial score (nSPS) is 39.2. The zero-order valence-electron chi connectivity index (χ0n) is 11.3. The van der Waals surface area contributed by atoms with Crippen LogP contribution in [0.2, 0.25) is 0 Å². The molecule has 0 bridgehead atoms. The summed E-state index contributed by atoms with van der Waals surface area (Å²) in [5.41, 5.74) is 0. The molecule has 2 fully saturated rings. The molecule has 2 rings (SSSR count). The minimum atomic E-state index is -0.0203. The number of nitrogens with one attached hydrogen (secondary N) is 1. The summed E-state index contributed by atoms with van der Waals surface area (Å²) in [6, 6.07) is 0.683. The van der Waals surface area contributed by atoms with Crippen LogP contribution in [0.3, 0.4) is 0 Å². The van der Waals surface area contributed by atoms with Gasteiger partial charge in [0.05, 0.1) is 6.10 Å². The summed E-state index contributed by atoms with van der Waals surface area (Å²) in [6.07, 6.45) is 11.5. The van der Waals surface area contributed by atoms with Crippen molar-refractivity contribution >= 4 is 0 Å². The summed E-state index contributed by atoms with van der Waals surface area (Å²) in [5, 5.41) is 13.2. The average Bonchev–Trinajstić information content (AvgIpc) is 2.39. The lowest BCUT2D eigenvalue weighted by Gasteiger charge is -2.31. The highest BCUT2D eigenvalue weighted by Gasteiger charge is 2.22. The van der Waals surface area contributed by atoms with E-state index in [-0.39, 0.29) is 6.10 Å². The molecule has 0 aromatic carbocycles. The summed E-state index contributed by atoms with van der Waals surface area (Å²) in [6.45, 7) is 3.55. The lowest BCUT2D eigenvalue weighted by molar-refractivity contribution is 0.114. The highest BCUT2D eigenvalue weighted by Crippen LogP contribution is 2.30. The molecule has 2 saturated carbocycles. The van der Waals surface area contributed by atoms with E-state index >= 15 is 0 Å². The minimum Gasteiger partial charge on any atom is -0.393 e. The van der Waals surface area contributed by atoms with Crippen molar-refractivity contribution < 1.29 is 5.11 Å². The fourth-order valence-corrected chi connectivity index (χ4v) is 3.46. The van der Waals surface area contributed by atoms with Crippen LogP contribution in [0.15, 0.2) is 0 Å². The van der Waals surface area contributed by atoms with Gasteiger partial charge in [0.25, 0.3) is 0 Å². The molecule has 0 saturated heterocycles. The van der Waals surface area contributed by atoms with E-state index in [4.69, 9.17) is 0 Å². The van der Waals surface area contributed by atoms with E-state index < -0.39 is 0 Å². The van der Waals surface area contributed by atoms with Gasteiger partial charge in [0.15, 0.2) is 0 Å². The Labute approximate surface area is 106 Å². The first-order valence-corrected chi connectivity index (χ1v) is 7.69. The molecule has 2 N–H and O–H groups in total. The number of hydrogen-bond donors (Lipinski definition) is 2. The minimum absolute atomic E-state index is 0.0203. The molecule has 0 heterocycles. The van der Waals surface area contributed by atoms with E-state index in [1.807, 2.05) is 0 Å². The monoisotopic (exact) mass is 239 g/mol. The maximum atomic E-state index is 9.47. The maximum absolute atomic E-state index is 9.47. The molecule has 17 heavy (non-hydrogen) atoms. The van der Waals surface area contributed by atoms with Crippen LogP contribution in [0.5, 0.6) is 0 Å². The number of aliphatic hydroxyl groups excluding tert-OH is 1. The Morgan fingerprint density at radius 2 is 1.47 bits per heavy atom. The third-order valence-electron chi connectivity index (χ3n) is 4.94. The molecule has 2 nitrogen and oxygen atoms in total. The topological polar surface area (TPSA) is 32.3 Å². The summed E-state index contributed by atoms with van der Waals surface area (Å²) in [4.78, 5) is 0. The van der Waals surface area contributed by atoms with Gasteiger partial charge in [-0.3, -0.25) is 0 Å². The average molecular weight is 239 g/mol. The first kappa shape index (κ1) is 13.4. The number of rotatable bonds is 4. The smallest absolute Gasteiger partial charge is 0.0541 e. The van der Waals surface area contributed by atoms with Crippen LogP contribution in [-0.4, -0.2) is 23.8 Å². The zero-order valence-corrected chi connectivity index (χ0v) is 11.3. The highest BCUT2D eigenvalue weighted by atomic mass is 16.3. The molecular weight excluding hydrogens is 210 g/mol. The lowest BCUT2D eigenvalue weighted by Crippen LogP contribution is -2.38. The van der Waals surface area contributed by atoms with E-state index in [1.165, 1.54) is 51.5 Å². The Balaban J connectivity index is 1.59. The molecule has 2 heteroatoms. The van der Waals surface area contributed by atoms with Crippen LogP contribution in [0.4, 0.5) is 0 Å². The Bertz CT molecular complexity index is 203. The van der Waals surface area contributed by atoms with Crippen LogP contribution >= 0.6 is 0 Å². The quantitative estimate of drug-likeness (QED) is 0.790. The van der Waals surface area contributed by atoms with Gasteiger partial charge >= 0.3 is 0 Å². The Morgan fingerprint density at radius 3 is 2.06 bits per heavy atom. The molecule has 0 spiro atoms. The van der Waals surface area contributed by atoms with Gasteiger partial charge in [0.1, 0.15) is 0 Å². The van der Waals surface area contributed by atoms with Gasteiger partial charge < -0.3 is 10.4 Å². The molecule has 0 aromatic rings. The SMILES string of the molecule is CCC1CCC(CNC2CCC(O)CC2)CC1. The predicted molar refractivity (Wildman–Crippen MR) is 72.0 cm³/mol. The van der Waals surface area contributed by atoms with Gasteiger partial charge in [0.2, 0.25) is 0 Å². The Kier molecular flexibility index (Phi) is 5.30. The van der Waals surface area contributed by atoms with Crippen LogP contribution in [0.1, 0.15) is 64.7 Å². The van der Waals surface area contributed by atoms with Gasteiger partial charge in [0, 0.05) is 6.04 Å². The van der Waals surface area contributed by atoms with Crippen molar-refractivity contribution in [3.63, 3.8) is 0 Å². The molecule has 0 radical (unpaired) electrons. The molecule has 0 aromatic heterocycles. The zero-order chi connectivity index (χ0) is 12.1. The summed E-state index contributed by atoms with van der Waals surface area (Å²) in [7, 11) is 0. The second-order valence-corrected chi connectivity index (χ2v) is 6.21. The number of aliphatic hydroxyl groups is 1. The molecule has 0 amide bonds. The molecule has 2 aliphatic carbocycles. The first-order chi connectivity index (χ1) is 8.28. The maximum Gasteiger partial charge on any atom is 0.0541 e. The van der Waals surface area contributed by atoms with Gasteiger partial charge in [-0.2, -0.15) is 0 Å². The fourth-order valence-electron chi connectivity index (χ4n) is 3.46. The summed E-state index contributed by atoms with van der Waals surface area (Å²) >= 11 is 0. The van der Waals surface area contributed by atoms with Gasteiger partial charge in [-0.25, -0.2) is 0 Å². The van der Waals surface area contributed by atoms with Crippen molar-refractivity contribution in [3.05, 3.63) is 0 Å². The van der Waals surface area contributed by atoms with E-state index in [0.717, 1.165) is 24.7 Å². The first-order valence-electron chi connectivity index (χ1n) is 7.69. The fraction of sp³-hybridized carbons (Fsp3) is 1.00. The molecular formula is C15H29NO. The van der Waals surface area contributed by atoms with Crippen LogP contribution in [0.25, 0.3) is 0 Å². The van der Waals surface area contributed by atoms with Crippen LogP contribution in [0, 0.1) is 11.8 Å². The van der Waals surface area contributed by atoms with E-state index in [9.17, 15) is 5.11 Å². The Morgan fingerprint density at radius 1 is 0.882 bits per heavy atom. The second-order valence-electron chi connectivity index (χ2n) is 6.21. The molecule has 0 aliphatic heterocycles. The van der Waals surface area contributed by atoms with E-state index in [1.54, 1.807) is 0 Å². The summed E-state index contributed by atoms with van der Waals surface area (Å²) in [5.74, 6) is 1.93. The van der Waals surface area contributed by atoms with Crippen molar-refractivity contribution in [2.24, 2.45) is 11.8 Å². The number of hydrogen-bond acceptors (Lipinski definition) is 2. The lowest BCUT2D eigenvalue weighted by atomic mass is 9.80.